The molecule has 2 heteroatoms. The standard InChI is InChI=1S/C14H21NO/c1-13(2,3)11-4-6-12(7-5-11)14(8-9-14)10-16-15/h4-7H,8-10,15H2,1-3H3. The van der Waals surface area contributed by atoms with Gasteiger partial charge in [-0.05, 0) is 29.4 Å². The zero-order valence-electron chi connectivity index (χ0n) is 10.4. The summed E-state index contributed by atoms with van der Waals surface area (Å²) in [4.78, 5) is 4.82. The van der Waals surface area contributed by atoms with E-state index >= 15 is 0 Å². The van der Waals surface area contributed by atoms with Gasteiger partial charge in [-0.15, -0.1) is 0 Å². The van der Waals surface area contributed by atoms with E-state index in [-0.39, 0.29) is 10.8 Å². The molecule has 88 valence electrons. The monoisotopic (exact) mass is 219 g/mol. The summed E-state index contributed by atoms with van der Waals surface area (Å²) >= 11 is 0. The molecule has 0 radical (unpaired) electrons. The second-order valence-electron chi connectivity index (χ2n) is 5.92. The zero-order chi connectivity index (χ0) is 11.8. The molecule has 1 aliphatic rings. The third kappa shape index (κ3) is 2.13. The first kappa shape index (κ1) is 11.6. The molecule has 0 bridgehead atoms. The smallest absolute Gasteiger partial charge is 0.0775 e. The van der Waals surface area contributed by atoms with Crippen LogP contribution in [0.3, 0.4) is 0 Å². The lowest BCUT2D eigenvalue weighted by Gasteiger charge is -2.21. The normalized spacial score (nSPS) is 18.5. The SMILES string of the molecule is CC(C)(C)c1ccc(C2(CON)CC2)cc1. The summed E-state index contributed by atoms with van der Waals surface area (Å²) < 4.78 is 0. The van der Waals surface area contributed by atoms with E-state index in [1.165, 1.54) is 24.0 Å². The van der Waals surface area contributed by atoms with Crippen molar-refractivity contribution >= 4 is 0 Å². The Bertz CT molecular complexity index is 357. The Morgan fingerprint density at radius 1 is 1.19 bits per heavy atom. The van der Waals surface area contributed by atoms with Crippen molar-refractivity contribution in [1.29, 1.82) is 0 Å². The number of hydrogen-bond acceptors (Lipinski definition) is 2. The highest BCUT2D eigenvalue weighted by molar-refractivity contribution is 5.35. The maximum Gasteiger partial charge on any atom is 0.0775 e. The van der Waals surface area contributed by atoms with Crippen molar-refractivity contribution in [2.24, 2.45) is 5.90 Å². The first-order valence-electron chi connectivity index (χ1n) is 5.91. The average Bonchev–Trinajstić information content (AvgIpc) is 2.99. The summed E-state index contributed by atoms with van der Waals surface area (Å²) in [5, 5.41) is 0. The highest BCUT2D eigenvalue weighted by atomic mass is 16.6. The molecule has 1 aromatic carbocycles. The first-order chi connectivity index (χ1) is 7.48. The van der Waals surface area contributed by atoms with E-state index in [9.17, 15) is 0 Å². The van der Waals surface area contributed by atoms with E-state index in [0.717, 1.165) is 0 Å². The third-order valence-electron chi connectivity index (χ3n) is 3.58. The molecule has 0 heterocycles. The topological polar surface area (TPSA) is 35.2 Å². The van der Waals surface area contributed by atoms with Crippen molar-refractivity contribution in [3.05, 3.63) is 35.4 Å². The molecule has 0 amide bonds. The van der Waals surface area contributed by atoms with Crippen molar-refractivity contribution in [1.82, 2.24) is 0 Å². The van der Waals surface area contributed by atoms with Gasteiger partial charge < -0.3 is 4.84 Å². The number of benzene rings is 1. The van der Waals surface area contributed by atoms with E-state index in [1.54, 1.807) is 0 Å². The van der Waals surface area contributed by atoms with Crippen LogP contribution < -0.4 is 5.90 Å². The molecule has 16 heavy (non-hydrogen) atoms. The fourth-order valence-corrected chi connectivity index (χ4v) is 2.15. The quantitative estimate of drug-likeness (QED) is 0.793. The maximum atomic E-state index is 5.19. The number of nitrogens with two attached hydrogens (primary N) is 1. The van der Waals surface area contributed by atoms with E-state index in [0.29, 0.717) is 6.61 Å². The minimum absolute atomic E-state index is 0.213. The fourth-order valence-electron chi connectivity index (χ4n) is 2.15. The minimum atomic E-state index is 0.213. The Morgan fingerprint density at radius 3 is 2.12 bits per heavy atom. The van der Waals surface area contributed by atoms with Crippen LogP contribution in [0.1, 0.15) is 44.7 Å². The molecule has 0 aliphatic heterocycles. The summed E-state index contributed by atoms with van der Waals surface area (Å²) in [5.74, 6) is 5.19. The van der Waals surface area contributed by atoms with Crippen LogP contribution in [-0.2, 0) is 15.7 Å². The lowest BCUT2D eigenvalue weighted by atomic mass is 9.85. The summed E-state index contributed by atoms with van der Waals surface area (Å²) in [6.45, 7) is 7.34. The molecule has 2 N–H and O–H groups in total. The zero-order valence-corrected chi connectivity index (χ0v) is 10.4. The second kappa shape index (κ2) is 3.86. The highest BCUT2D eigenvalue weighted by Gasteiger charge is 2.44. The van der Waals surface area contributed by atoms with E-state index in [2.05, 4.69) is 45.0 Å². The van der Waals surface area contributed by atoms with Gasteiger partial charge in [-0.1, -0.05) is 45.0 Å². The van der Waals surface area contributed by atoms with Crippen molar-refractivity contribution in [3.8, 4) is 0 Å². The fraction of sp³-hybridized carbons (Fsp3) is 0.571. The van der Waals surface area contributed by atoms with Gasteiger partial charge in [-0.25, -0.2) is 5.90 Å². The van der Waals surface area contributed by atoms with Gasteiger partial charge in [0, 0.05) is 5.41 Å². The van der Waals surface area contributed by atoms with Gasteiger partial charge in [0.15, 0.2) is 0 Å². The number of hydrogen-bond donors (Lipinski definition) is 1. The van der Waals surface area contributed by atoms with Crippen LogP contribution in [-0.4, -0.2) is 6.61 Å². The molecule has 2 nitrogen and oxygen atoms in total. The van der Waals surface area contributed by atoms with Gasteiger partial charge in [0.25, 0.3) is 0 Å². The molecule has 0 saturated heterocycles. The Hall–Kier alpha value is -0.860. The summed E-state index contributed by atoms with van der Waals surface area (Å²) in [5.41, 5.74) is 3.18. The Balaban J connectivity index is 2.20. The van der Waals surface area contributed by atoms with Crippen LogP contribution in [0.5, 0.6) is 0 Å². The highest BCUT2D eigenvalue weighted by Crippen LogP contribution is 2.48. The molecule has 1 aromatic rings. The summed E-state index contributed by atoms with van der Waals surface area (Å²) in [6.07, 6.45) is 2.39. The molecule has 0 unspecified atom stereocenters. The molecular weight excluding hydrogens is 198 g/mol. The predicted molar refractivity (Wildman–Crippen MR) is 66.2 cm³/mol. The largest absolute Gasteiger partial charge is 0.304 e. The van der Waals surface area contributed by atoms with Gasteiger partial charge >= 0.3 is 0 Å². The maximum absolute atomic E-state index is 5.19. The third-order valence-corrected chi connectivity index (χ3v) is 3.58. The van der Waals surface area contributed by atoms with Crippen molar-refractivity contribution in [3.63, 3.8) is 0 Å². The van der Waals surface area contributed by atoms with E-state index in [4.69, 9.17) is 10.7 Å². The molecule has 0 spiro atoms. The lowest BCUT2D eigenvalue weighted by molar-refractivity contribution is 0.116. The Kier molecular flexibility index (Phi) is 2.81. The van der Waals surface area contributed by atoms with Crippen LogP contribution in [0, 0.1) is 0 Å². The van der Waals surface area contributed by atoms with Gasteiger partial charge in [0.2, 0.25) is 0 Å². The molecular formula is C14H21NO. The van der Waals surface area contributed by atoms with Crippen molar-refractivity contribution in [2.75, 3.05) is 6.61 Å². The molecule has 1 fully saturated rings. The summed E-state index contributed by atoms with van der Waals surface area (Å²) in [6, 6.07) is 8.91. The van der Waals surface area contributed by atoms with Gasteiger partial charge in [-0.3, -0.25) is 0 Å². The molecule has 2 rings (SSSR count). The van der Waals surface area contributed by atoms with Crippen LogP contribution in [0.25, 0.3) is 0 Å². The lowest BCUT2D eigenvalue weighted by Crippen LogP contribution is -2.18. The molecule has 0 aromatic heterocycles. The minimum Gasteiger partial charge on any atom is -0.304 e. The van der Waals surface area contributed by atoms with Crippen LogP contribution in [0.4, 0.5) is 0 Å². The average molecular weight is 219 g/mol. The predicted octanol–water partition coefficient (Wildman–Crippen LogP) is 2.91. The first-order valence-corrected chi connectivity index (χ1v) is 5.91. The van der Waals surface area contributed by atoms with E-state index in [1.807, 2.05) is 0 Å². The van der Waals surface area contributed by atoms with Gasteiger partial charge in [-0.2, -0.15) is 0 Å². The Labute approximate surface area is 97.8 Å². The molecule has 1 aliphatic carbocycles. The van der Waals surface area contributed by atoms with E-state index < -0.39 is 0 Å². The molecule has 0 atom stereocenters. The van der Waals surface area contributed by atoms with Gasteiger partial charge in [0.1, 0.15) is 0 Å². The van der Waals surface area contributed by atoms with Gasteiger partial charge in [0.05, 0.1) is 6.61 Å². The van der Waals surface area contributed by atoms with Crippen LogP contribution in [0.2, 0.25) is 0 Å². The molecule has 1 saturated carbocycles. The van der Waals surface area contributed by atoms with Crippen LogP contribution in [0.15, 0.2) is 24.3 Å². The second-order valence-corrected chi connectivity index (χ2v) is 5.92. The van der Waals surface area contributed by atoms with Crippen LogP contribution >= 0.6 is 0 Å². The van der Waals surface area contributed by atoms with Crippen molar-refractivity contribution < 1.29 is 4.84 Å². The Morgan fingerprint density at radius 2 is 1.75 bits per heavy atom. The van der Waals surface area contributed by atoms with Crippen molar-refractivity contribution in [2.45, 2.75) is 44.4 Å². The number of rotatable bonds is 3. The summed E-state index contributed by atoms with van der Waals surface area (Å²) in [7, 11) is 0.